The second-order valence-corrected chi connectivity index (χ2v) is 8.05. The molecule has 0 aliphatic carbocycles. The normalized spacial score (nSPS) is 11.7. The van der Waals surface area contributed by atoms with Crippen LogP contribution in [0.5, 0.6) is 0 Å². The van der Waals surface area contributed by atoms with E-state index >= 15 is 0 Å². The van der Waals surface area contributed by atoms with Gasteiger partial charge in [0.2, 0.25) is 11.8 Å². The molecule has 0 bridgehead atoms. The zero-order valence-electron chi connectivity index (χ0n) is 18.0. The zero-order chi connectivity index (χ0) is 22.2. The SMILES string of the molecule is Cc1ccc2nc(-c3ccc(/C=C/c4ccc(-c5nc6ccccc6o5)cc4)cc3)oc2c1. The Bertz CT molecular complexity index is 1570. The van der Waals surface area contributed by atoms with Crippen molar-refractivity contribution in [2.75, 3.05) is 0 Å². The van der Waals surface area contributed by atoms with Crippen LogP contribution in [0, 0.1) is 6.92 Å². The molecule has 0 fully saturated rings. The van der Waals surface area contributed by atoms with Crippen LogP contribution in [0.15, 0.2) is 99.8 Å². The minimum absolute atomic E-state index is 0.636. The predicted octanol–water partition coefficient (Wildman–Crippen LogP) is 7.78. The van der Waals surface area contributed by atoms with Gasteiger partial charge in [0.15, 0.2) is 11.2 Å². The van der Waals surface area contributed by atoms with Crippen LogP contribution in [0.2, 0.25) is 0 Å². The number of fused-ring (bicyclic) bond motifs is 2. The lowest BCUT2D eigenvalue weighted by atomic mass is 10.1. The molecule has 2 heterocycles. The van der Waals surface area contributed by atoms with Gasteiger partial charge in [0.1, 0.15) is 11.0 Å². The van der Waals surface area contributed by atoms with Crippen molar-refractivity contribution in [1.29, 1.82) is 0 Å². The number of hydrogen-bond acceptors (Lipinski definition) is 4. The molecule has 158 valence electrons. The maximum Gasteiger partial charge on any atom is 0.227 e. The third-order valence-electron chi connectivity index (χ3n) is 5.62. The highest BCUT2D eigenvalue weighted by molar-refractivity contribution is 5.78. The highest BCUT2D eigenvalue weighted by Gasteiger charge is 2.09. The van der Waals surface area contributed by atoms with Gasteiger partial charge in [-0.05, 0) is 72.1 Å². The number of hydrogen-bond donors (Lipinski definition) is 0. The Morgan fingerprint density at radius 1 is 0.576 bits per heavy atom. The number of aromatic nitrogens is 2. The number of para-hydroxylation sites is 2. The predicted molar refractivity (Wildman–Crippen MR) is 133 cm³/mol. The molecule has 0 aliphatic heterocycles. The summed E-state index contributed by atoms with van der Waals surface area (Å²) >= 11 is 0. The molecule has 0 N–H and O–H groups in total. The van der Waals surface area contributed by atoms with Crippen LogP contribution < -0.4 is 0 Å². The van der Waals surface area contributed by atoms with Gasteiger partial charge in [0.05, 0.1) is 0 Å². The lowest BCUT2D eigenvalue weighted by Crippen LogP contribution is -1.79. The lowest BCUT2D eigenvalue weighted by Gasteiger charge is -1.99. The first-order valence-electron chi connectivity index (χ1n) is 10.8. The van der Waals surface area contributed by atoms with Gasteiger partial charge in [0.25, 0.3) is 0 Å². The maximum absolute atomic E-state index is 5.93. The van der Waals surface area contributed by atoms with E-state index in [9.17, 15) is 0 Å². The molecule has 0 unspecified atom stereocenters. The Morgan fingerprint density at radius 3 is 1.73 bits per heavy atom. The molecular formula is C29H20N2O2. The molecule has 0 saturated heterocycles. The second kappa shape index (κ2) is 7.92. The van der Waals surface area contributed by atoms with Crippen molar-refractivity contribution in [3.05, 3.63) is 108 Å². The van der Waals surface area contributed by atoms with Crippen LogP contribution in [0.25, 0.3) is 57.3 Å². The smallest absolute Gasteiger partial charge is 0.227 e. The Kier molecular flexibility index (Phi) is 4.62. The number of aryl methyl sites for hydroxylation is 1. The Labute approximate surface area is 190 Å². The largest absolute Gasteiger partial charge is 0.436 e. The fourth-order valence-corrected chi connectivity index (χ4v) is 3.82. The van der Waals surface area contributed by atoms with Crippen LogP contribution >= 0.6 is 0 Å². The van der Waals surface area contributed by atoms with E-state index in [1.165, 1.54) is 0 Å². The van der Waals surface area contributed by atoms with Crippen LogP contribution in [0.1, 0.15) is 16.7 Å². The summed E-state index contributed by atoms with van der Waals surface area (Å²) in [5.74, 6) is 1.28. The Hall–Kier alpha value is -4.44. The first kappa shape index (κ1) is 19.3. The van der Waals surface area contributed by atoms with E-state index in [0.29, 0.717) is 11.8 Å². The van der Waals surface area contributed by atoms with Crippen LogP contribution in [-0.4, -0.2) is 9.97 Å². The van der Waals surface area contributed by atoms with Gasteiger partial charge in [-0.25, -0.2) is 9.97 Å². The van der Waals surface area contributed by atoms with Gasteiger partial charge < -0.3 is 8.83 Å². The number of rotatable bonds is 4. The van der Waals surface area contributed by atoms with Crippen molar-refractivity contribution < 1.29 is 8.83 Å². The number of oxazole rings is 2. The molecule has 4 heteroatoms. The number of nitrogens with zero attached hydrogens (tertiary/aromatic N) is 2. The summed E-state index contributed by atoms with van der Waals surface area (Å²) in [6.45, 7) is 2.05. The van der Waals surface area contributed by atoms with Crippen molar-refractivity contribution in [2.24, 2.45) is 0 Å². The zero-order valence-corrected chi connectivity index (χ0v) is 18.0. The summed E-state index contributed by atoms with van der Waals surface area (Å²) in [7, 11) is 0. The van der Waals surface area contributed by atoms with Crippen molar-refractivity contribution in [3.63, 3.8) is 0 Å². The third kappa shape index (κ3) is 3.83. The van der Waals surface area contributed by atoms with Gasteiger partial charge in [-0.2, -0.15) is 0 Å². The molecule has 4 nitrogen and oxygen atoms in total. The van der Waals surface area contributed by atoms with Crippen molar-refractivity contribution >= 4 is 34.4 Å². The first-order chi connectivity index (χ1) is 16.2. The van der Waals surface area contributed by atoms with Gasteiger partial charge in [0, 0.05) is 11.1 Å². The highest BCUT2D eigenvalue weighted by atomic mass is 16.4. The van der Waals surface area contributed by atoms with Crippen LogP contribution in [-0.2, 0) is 0 Å². The van der Waals surface area contributed by atoms with E-state index in [1.54, 1.807) is 0 Å². The molecule has 0 radical (unpaired) electrons. The summed E-state index contributed by atoms with van der Waals surface area (Å²) in [6.07, 6.45) is 4.18. The molecule has 0 atom stereocenters. The monoisotopic (exact) mass is 428 g/mol. The number of benzene rings is 4. The van der Waals surface area contributed by atoms with Crippen molar-refractivity contribution in [2.45, 2.75) is 6.92 Å². The van der Waals surface area contributed by atoms with Crippen molar-refractivity contribution in [3.8, 4) is 22.9 Å². The summed E-state index contributed by atoms with van der Waals surface area (Å²) < 4.78 is 11.8. The molecule has 2 aromatic heterocycles. The van der Waals surface area contributed by atoms with E-state index < -0.39 is 0 Å². The summed E-state index contributed by atoms with van der Waals surface area (Å²) in [4.78, 5) is 9.16. The van der Waals surface area contributed by atoms with Crippen molar-refractivity contribution in [1.82, 2.24) is 9.97 Å². The molecule has 0 amide bonds. The molecule has 6 aromatic rings. The fourth-order valence-electron chi connectivity index (χ4n) is 3.82. The standard InChI is InChI=1S/C29H20N2O2/c1-19-6-17-25-27(18-19)33-29(31-25)23-15-11-21(12-16-23)8-7-20-9-13-22(14-10-20)28-30-24-4-2-3-5-26(24)32-28/h2-18H,1H3/b8-7+. The van der Waals surface area contributed by atoms with Gasteiger partial charge in [-0.15, -0.1) is 0 Å². The second-order valence-electron chi connectivity index (χ2n) is 8.05. The minimum Gasteiger partial charge on any atom is -0.436 e. The average Bonchev–Trinajstić information content (AvgIpc) is 3.47. The minimum atomic E-state index is 0.636. The van der Waals surface area contributed by atoms with E-state index in [1.807, 2.05) is 73.7 Å². The molecule has 0 spiro atoms. The van der Waals surface area contributed by atoms with E-state index in [4.69, 9.17) is 8.83 Å². The van der Waals surface area contributed by atoms with Crippen LogP contribution in [0.3, 0.4) is 0 Å². The average molecular weight is 428 g/mol. The molecule has 0 saturated carbocycles. The quantitative estimate of drug-likeness (QED) is 0.269. The first-order valence-corrected chi connectivity index (χ1v) is 10.8. The van der Waals surface area contributed by atoms with E-state index in [-0.39, 0.29) is 0 Å². The van der Waals surface area contributed by atoms with Gasteiger partial charge >= 0.3 is 0 Å². The molecule has 6 rings (SSSR count). The van der Waals surface area contributed by atoms with Gasteiger partial charge in [-0.1, -0.05) is 54.6 Å². The molecular weight excluding hydrogens is 408 g/mol. The van der Waals surface area contributed by atoms with E-state index in [2.05, 4.69) is 46.4 Å². The topological polar surface area (TPSA) is 52.1 Å². The lowest BCUT2D eigenvalue weighted by molar-refractivity contribution is 0.619. The van der Waals surface area contributed by atoms with E-state index in [0.717, 1.165) is 50.0 Å². The Balaban J connectivity index is 1.19. The van der Waals surface area contributed by atoms with Gasteiger partial charge in [-0.3, -0.25) is 0 Å². The van der Waals surface area contributed by atoms with Crippen LogP contribution in [0.4, 0.5) is 0 Å². The fraction of sp³-hybridized carbons (Fsp3) is 0.0345. The third-order valence-corrected chi connectivity index (χ3v) is 5.62. The summed E-state index contributed by atoms with van der Waals surface area (Å²) in [5, 5.41) is 0. The maximum atomic E-state index is 5.93. The molecule has 0 aliphatic rings. The molecule has 4 aromatic carbocycles. The summed E-state index contributed by atoms with van der Waals surface area (Å²) in [5.41, 5.74) is 8.65. The summed E-state index contributed by atoms with van der Waals surface area (Å²) in [6, 6.07) is 30.2. The Morgan fingerprint density at radius 2 is 1.12 bits per heavy atom. The highest BCUT2D eigenvalue weighted by Crippen LogP contribution is 2.26. The molecule has 33 heavy (non-hydrogen) atoms.